The molecule has 0 fully saturated rings. The number of hydrogen-bond acceptors (Lipinski definition) is 3. The van der Waals surface area contributed by atoms with Crippen LogP contribution in [0.2, 0.25) is 0 Å². The molecule has 0 atom stereocenters. The monoisotopic (exact) mass is 234 g/mol. The Morgan fingerprint density at radius 1 is 1.44 bits per heavy atom. The molecule has 0 bridgehead atoms. The Hall–Kier alpha value is -1.63. The number of nitrogens with one attached hydrogen (secondary N) is 1. The van der Waals surface area contributed by atoms with Gasteiger partial charge in [0.05, 0.1) is 6.61 Å². The largest absolute Gasteiger partial charge is 0.619 e. The lowest BCUT2D eigenvalue weighted by Gasteiger charge is -2.08. The number of aliphatic hydroxyl groups excluding tert-OH is 1. The van der Waals surface area contributed by atoms with Gasteiger partial charge in [0.1, 0.15) is 5.56 Å². The number of rotatable bonds is 3. The van der Waals surface area contributed by atoms with Gasteiger partial charge >= 0.3 is 6.18 Å². The Bertz CT molecular complexity index is 404. The minimum absolute atomic E-state index is 0.0445. The minimum Gasteiger partial charge on any atom is -0.619 e. The van der Waals surface area contributed by atoms with E-state index in [1.807, 2.05) is 0 Å². The molecule has 1 aromatic heterocycles. The molecular weight excluding hydrogens is 225 g/mol. The van der Waals surface area contributed by atoms with E-state index in [0.717, 1.165) is 12.3 Å². The normalized spacial score (nSPS) is 11.5. The number of nitrogens with zero attached hydrogens (tertiary/aromatic N) is 1. The third-order valence-corrected chi connectivity index (χ3v) is 1.84. The summed E-state index contributed by atoms with van der Waals surface area (Å²) in [5, 5.41) is 26.6. The second kappa shape index (κ2) is 4.48. The highest BCUT2D eigenvalue weighted by Gasteiger charge is 2.33. The summed E-state index contributed by atoms with van der Waals surface area (Å²) in [4.78, 5) is 0. The lowest BCUT2D eigenvalue weighted by atomic mass is 10.1. The first-order valence-electron chi connectivity index (χ1n) is 4.30. The summed E-state index contributed by atoms with van der Waals surface area (Å²) in [7, 11) is 0. The number of pyridine rings is 1. The van der Waals surface area contributed by atoms with Gasteiger partial charge in [0, 0.05) is 17.7 Å². The molecule has 0 aromatic carbocycles. The standard InChI is InChI=1S/C9H9F3N2O2/c10-9(11,12)7-1-6(2-8(13)5-15)3-14(16)4-7/h1,3-4,13,15H,2,5H2. The van der Waals surface area contributed by atoms with E-state index in [-0.39, 0.29) is 22.4 Å². The van der Waals surface area contributed by atoms with Crippen LogP contribution in [0.4, 0.5) is 13.2 Å². The molecule has 88 valence electrons. The van der Waals surface area contributed by atoms with Crippen LogP contribution in [0.25, 0.3) is 0 Å². The smallest absolute Gasteiger partial charge is 0.422 e. The summed E-state index contributed by atoms with van der Waals surface area (Å²) < 4.78 is 37.0. The Labute approximate surface area is 89.0 Å². The zero-order chi connectivity index (χ0) is 12.3. The average molecular weight is 234 g/mol. The van der Waals surface area contributed by atoms with Crippen molar-refractivity contribution in [3.8, 4) is 0 Å². The van der Waals surface area contributed by atoms with Crippen molar-refractivity contribution in [3.63, 3.8) is 0 Å². The lowest BCUT2D eigenvalue weighted by molar-refractivity contribution is -0.607. The highest BCUT2D eigenvalue weighted by Crippen LogP contribution is 2.28. The summed E-state index contributed by atoms with van der Waals surface area (Å²) in [5.74, 6) is 0. The van der Waals surface area contributed by atoms with Gasteiger partial charge in [-0.1, -0.05) is 0 Å². The van der Waals surface area contributed by atoms with E-state index in [9.17, 15) is 18.4 Å². The Morgan fingerprint density at radius 3 is 2.56 bits per heavy atom. The summed E-state index contributed by atoms with van der Waals surface area (Å²) in [6, 6.07) is 0.790. The SMILES string of the molecule is N=C(CO)Cc1cc(C(F)(F)F)c[n+]([O-])c1. The van der Waals surface area contributed by atoms with Crippen LogP contribution in [0, 0.1) is 10.6 Å². The van der Waals surface area contributed by atoms with Crippen molar-refractivity contribution in [3.05, 3.63) is 34.8 Å². The highest BCUT2D eigenvalue weighted by molar-refractivity contribution is 5.84. The summed E-state index contributed by atoms with van der Waals surface area (Å²) >= 11 is 0. The number of aliphatic hydroxyl groups is 1. The van der Waals surface area contributed by atoms with Crippen LogP contribution < -0.4 is 4.73 Å². The van der Waals surface area contributed by atoms with Crippen molar-refractivity contribution < 1.29 is 23.0 Å². The number of hydrogen-bond donors (Lipinski definition) is 2. The van der Waals surface area contributed by atoms with Crippen molar-refractivity contribution in [1.29, 1.82) is 5.41 Å². The summed E-state index contributed by atoms with van der Waals surface area (Å²) in [6.07, 6.45) is -3.41. The summed E-state index contributed by atoms with van der Waals surface area (Å²) in [5.41, 5.74) is -1.17. The van der Waals surface area contributed by atoms with E-state index < -0.39 is 18.3 Å². The molecule has 0 aliphatic rings. The first-order chi connectivity index (χ1) is 7.32. The molecule has 4 nitrogen and oxygen atoms in total. The van der Waals surface area contributed by atoms with Crippen LogP contribution in [-0.4, -0.2) is 17.4 Å². The molecule has 0 spiro atoms. The zero-order valence-corrected chi connectivity index (χ0v) is 8.08. The van der Waals surface area contributed by atoms with Crippen LogP contribution in [0.15, 0.2) is 18.5 Å². The summed E-state index contributed by atoms with van der Waals surface area (Å²) in [6.45, 7) is -0.547. The van der Waals surface area contributed by atoms with Gasteiger partial charge in [0.15, 0.2) is 12.4 Å². The second-order valence-corrected chi connectivity index (χ2v) is 3.23. The van der Waals surface area contributed by atoms with Crippen molar-refractivity contribution in [2.24, 2.45) is 0 Å². The fourth-order valence-electron chi connectivity index (χ4n) is 1.17. The highest BCUT2D eigenvalue weighted by atomic mass is 19.4. The fraction of sp³-hybridized carbons (Fsp3) is 0.333. The number of alkyl halides is 3. The number of aromatic nitrogens is 1. The van der Waals surface area contributed by atoms with E-state index in [0.29, 0.717) is 6.20 Å². The van der Waals surface area contributed by atoms with Gasteiger partial charge in [0.2, 0.25) is 0 Å². The van der Waals surface area contributed by atoms with E-state index >= 15 is 0 Å². The molecule has 0 radical (unpaired) electrons. The maximum Gasteiger partial charge on any atom is 0.422 e. The van der Waals surface area contributed by atoms with Crippen LogP contribution >= 0.6 is 0 Å². The number of halogens is 3. The molecule has 1 aromatic rings. The Morgan fingerprint density at radius 2 is 2.06 bits per heavy atom. The predicted octanol–water partition coefficient (Wildman–Crippen LogP) is 0.893. The van der Waals surface area contributed by atoms with E-state index in [4.69, 9.17) is 10.5 Å². The van der Waals surface area contributed by atoms with Crippen molar-refractivity contribution in [1.82, 2.24) is 0 Å². The van der Waals surface area contributed by atoms with Crippen LogP contribution in [0.5, 0.6) is 0 Å². The molecular formula is C9H9F3N2O2. The molecule has 7 heteroatoms. The Kier molecular flexibility index (Phi) is 3.48. The average Bonchev–Trinajstić information content (AvgIpc) is 2.15. The zero-order valence-electron chi connectivity index (χ0n) is 8.08. The molecule has 0 saturated carbocycles. The van der Waals surface area contributed by atoms with Crippen LogP contribution in [0.3, 0.4) is 0 Å². The van der Waals surface area contributed by atoms with Gasteiger partial charge < -0.3 is 15.7 Å². The third kappa shape index (κ3) is 3.20. The van der Waals surface area contributed by atoms with Crippen molar-refractivity contribution >= 4 is 5.71 Å². The maximum absolute atomic E-state index is 12.3. The van der Waals surface area contributed by atoms with Crippen LogP contribution in [0.1, 0.15) is 11.1 Å². The first-order valence-corrected chi connectivity index (χ1v) is 4.30. The molecule has 0 amide bonds. The second-order valence-electron chi connectivity index (χ2n) is 3.23. The van der Waals surface area contributed by atoms with Crippen LogP contribution in [-0.2, 0) is 12.6 Å². The molecule has 1 rings (SSSR count). The molecule has 2 N–H and O–H groups in total. The third-order valence-electron chi connectivity index (χ3n) is 1.84. The first kappa shape index (κ1) is 12.4. The Balaban J connectivity index is 3.04. The fourth-order valence-corrected chi connectivity index (χ4v) is 1.17. The van der Waals surface area contributed by atoms with Gasteiger partial charge in [-0.3, -0.25) is 0 Å². The maximum atomic E-state index is 12.3. The molecule has 0 unspecified atom stereocenters. The van der Waals surface area contributed by atoms with Crippen molar-refractivity contribution in [2.45, 2.75) is 12.6 Å². The van der Waals surface area contributed by atoms with E-state index in [2.05, 4.69) is 0 Å². The lowest BCUT2D eigenvalue weighted by Crippen LogP contribution is -2.29. The van der Waals surface area contributed by atoms with Gasteiger partial charge in [-0.15, -0.1) is 0 Å². The minimum atomic E-state index is -4.59. The molecule has 16 heavy (non-hydrogen) atoms. The van der Waals surface area contributed by atoms with Gasteiger partial charge in [0.25, 0.3) is 0 Å². The van der Waals surface area contributed by atoms with Gasteiger partial charge in [-0.25, -0.2) is 0 Å². The predicted molar refractivity (Wildman–Crippen MR) is 48.9 cm³/mol. The quantitative estimate of drug-likeness (QED) is 0.463. The van der Waals surface area contributed by atoms with E-state index in [1.54, 1.807) is 0 Å². The molecule has 0 aliphatic heterocycles. The molecule has 0 saturated heterocycles. The molecule has 1 heterocycles. The van der Waals surface area contributed by atoms with Crippen molar-refractivity contribution in [2.75, 3.05) is 6.61 Å². The molecule has 0 aliphatic carbocycles. The topological polar surface area (TPSA) is 71.0 Å². The van der Waals surface area contributed by atoms with Gasteiger partial charge in [-0.2, -0.15) is 17.9 Å². The van der Waals surface area contributed by atoms with Gasteiger partial charge in [-0.05, 0) is 6.07 Å². The van der Waals surface area contributed by atoms with E-state index in [1.165, 1.54) is 0 Å².